The van der Waals surface area contributed by atoms with Gasteiger partial charge >= 0.3 is 0 Å². The van der Waals surface area contributed by atoms with Crippen molar-refractivity contribution in [3.8, 4) is 12.3 Å². The van der Waals surface area contributed by atoms with Crippen molar-refractivity contribution in [1.29, 1.82) is 0 Å². The predicted octanol–water partition coefficient (Wildman–Crippen LogP) is -0.203. The van der Waals surface area contributed by atoms with Crippen LogP contribution in [0.5, 0.6) is 0 Å². The van der Waals surface area contributed by atoms with Gasteiger partial charge in [0.1, 0.15) is 24.5 Å². The van der Waals surface area contributed by atoms with Gasteiger partial charge in [-0.25, -0.2) is 14.4 Å². The van der Waals surface area contributed by atoms with Gasteiger partial charge in [-0.15, -0.1) is 6.42 Å². The van der Waals surface area contributed by atoms with E-state index in [9.17, 15) is 14.6 Å². The molecule has 2 aromatic rings. The molecule has 1 saturated heterocycles. The number of hydrogen-bond donors (Lipinski definition) is 3. The molecule has 110 valence electrons. The zero-order chi connectivity index (χ0) is 16.1. The van der Waals surface area contributed by atoms with Crippen molar-refractivity contribution in [3.63, 3.8) is 0 Å². The number of anilines is 1. The third kappa shape index (κ3) is 1.86. The number of halogens is 1. The van der Waals surface area contributed by atoms with Gasteiger partial charge in [-0.2, -0.15) is 0 Å². The molecule has 1 aliphatic heterocycles. The molecule has 0 spiro atoms. The Morgan fingerprint density at radius 1 is 1.71 bits per heavy atom. The minimum Gasteiger partial charge on any atom is -0.392 e. The molecule has 0 aromatic carbocycles. The lowest BCUT2D eigenvalue weighted by Gasteiger charge is -2.23. The molecule has 0 aliphatic carbocycles. The van der Waals surface area contributed by atoms with Crippen LogP contribution in [0.15, 0.2) is 12.5 Å². The Hall–Kier alpha value is -2.21. The van der Waals surface area contributed by atoms with Crippen LogP contribution in [0.25, 0.3) is 11.0 Å². The van der Waals surface area contributed by atoms with Gasteiger partial charge in [0, 0.05) is 12.6 Å². The highest BCUT2D eigenvalue weighted by Gasteiger charge is 2.47. The van der Waals surface area contributed by atoms with Crippen molar-refractivity contribution in [2.24, 2.45) is 0 Å². The van der Waals surface area contributed by atoms with E-state index < -0.39 is 30.3 Å². The fourth-order valence-corrected chi connectivity index (χ4v) is 2.40. The van der Waals surface area contributed by atoms with Crippen LogP contribution in [0.3, 0.4) is 0 Å². The summed E-state index contributed by atoms with van der Waals surface area (Å²) < 4.78 is 28.7. The summed E-state index contributed by atoms with van der Waals surface area (Å²) >= 11 is 0. The molecule has 0 saturated carbocycles. The van der Waals surface area contributed by atoms with E-state index in [1.807, 2.05) is 0 Å². The molecule has 0 bridgehead atoms. The maximum absolute atomic E-state index is 14.0. The first-order chi connectivity index (χ1) is 10.3. The number of aliphatic hydroxyl groups is 2. The largest absolute Gasteiger partial charge is 0.392 e. The Bertz CT molecular complexity index is 787. The first-order valence-electron chi connectivity index (χ1n) is 6.60. The lowest BCUT2D eigenvalue weighted by atomic mass is 9.99. The number of rotatable bonds is 2. The van der Waals surface area contributed by atoms with Gasteiger partial charge in [0.2, 0.25) is 0 Å². The maximum atomic E-state index is 14.0. The third-order valence-corrected chi connectivity index (χ3v) is 3.53. The summed E-state index contributed by atoms with van der Waals surface area (Å²) in [4.78, 5) is 7.66. The highest BCUT2D eigenvalue weighted by molar-refractivity contribution is 5.86. The van der Waals surface area contributed by atoms with Crippen LogP contribution in [0.4, 0.5) is 10.2 Å². The number of aromatic nitrogens is 3. The number of nitrogen functional groups attached to an aromatic ring is 1. The van der Waals surface area contributed by atoms with E-state index in [-0.39, 0.29) is 23.3 Å². The van der Waals surface area contributed by atoms with Gasteiger partial charge in [0.25, 0.3) is 0 Å². The molecule has 3 heterocycles. The Morgan fingerprint density at radius 3 is 3.10 bits per heavy atom. The maximum Gasteiger partial charge on any atom is 0.179 e. The molecule has 21 heavy (non-hydrogen) atoms. The van der Waals surface area contributed by atoms with Gasteiger partial charge < -0.3 is 25.3 Å². The Morgan fingerprint density at radius 2 is 2.48 bits per heavy atom. The van der Waals surface area contributed by atoms with Crippen LogP contribution in [-0.4, -0.2) is 43.0 Å². The lowest BCUT2D eigenvalue weighted by Crippen LogP contribution is -2.41. The summed E-state index contributed by atoms with van der Waals surface area (Å²) in [6.07, 6.45) is 4.06. The SMILES string of the molecule is [2H][C@]1(O)C[C@H](n2cc(F)c3c(N)ncnc32)O[C@]1(C#C)CO. The van der Waals surface area contributed by atoms with E-state index >= 15 is 0 Å². The Labute approximate surface area is 120 Å². The Kier molecular flexibility index (Phi) is 2.78. The fraction of sp³-hybridized carbons (Fsp3) is 0.385. The average Bonchev–Trinajstić information content (AvgIpc) is 2.94. The average molecular weight is 293 g/mol. The van der Waals surface area contributed by atoms with E-state index in [1.54, 1.807) is 0 Å². The summed E-state index contributed by atoms with van der Waals surface area (Å²) in [7, 11) is 0. The second-order valence-corrected chi connectivity index (χ2v) is 4.69. The van der Waals surface area contributed by atoms with Crippen molar-refractivity contribution in [1.82, 2.24) is 14.5 Å². The molecule has 2 aromatic heterocycles. The second-order valence-electron chi connectivity index (χ2n) is 4.69. The topological polar surface area (TPSA) is 106 Å². The molecule has 3 rings (SSSR count). The minimum atomic E-state index is -2.23. The minimum absolute atomic E-state index is 0.0156. The molecule has 1 fully saturated rings. The number of aliphatic hydroxyl groups excluding tert-OH is 1. The quantitative estimate of drug-likeness (QED) is 0.662. The highest BCUT2D eigenvalue weighted by atomic mass is 19.1. The number of terminal acetylenes is 1. The van der Waals surface area contributed by atoms with E-state index in [0.717, 1.165) is 12.5 Å². The summed E-state index contributed by atoms with van der Waals surface area (Å²) in [5, 5.41) is 19.6. The smallest absolute Gasteiger partial charge is 0.179 e. The van der Waals surface area contributed by atoms with Crippen LogP contribution in [0.1, 0.15) is 14.0 Å². The number of hydrogen-bond acceptors (Lipinski definition) is 6. The summed E-state index contributed by atoms with van der Waals surface area (Å²) in [5.41, 5.74) is 3.87. The van der Waals surface area contributed by atoms with Gasteiger partial charge in [-0.1, -0.05) is 5.92 Å². The number of nitrogens with zero attached hydrogens (tertiary/aromatic N) is 3. The van der Waals surface area contributed by atoms with E-state index in [1.165, 1.54) is 4.57 Å². The standard InChI is InChI=1S/C13H13FN4O3/c1-2-13(5-19)8(20)3-9(21-13)18-4-7(14)10-11(15)16-6-17-12(10)18/h1,4,6,8-9,19-20H,3,5H2,(H2,15,16,17)/t8-,9+,13+/m0/s1/i8D. The van der Waals surface area contributed by atoms with Gasteiger partial charge in [-0.05, 0) is 0 Å². The predicted molar refractivity (Wildman–Crippen MR) is 71.3 cm³/mol. The summed E-state index contributed by atoms with van der Waals surface area (Å²) in [6.45, 7) is -0.751. The van der Waals surface area contributed by atoms with Crippen LogP contribution < -0.4 is 5.73 Å². The Balaban J connectivity index is 2.12. The number of ether oxygens (including phenoxy) is 1. The van der Waals surface area contributed by atoms with Crippen LogP contribution in [0, 0.1) is 18.2 Å². The van der Waals surface area contributed by atoms with Gasteiger partial charge in [-0.3, -0.25) is 0 Å². The highest BCUT2D eigenvalue weighted by Crippen LogP contribution is 2.38. The number of fused-ring (bicyclic) bond motifs is 1. The van der Waals surface area contributed by atoms with Crippen LogP contribution >= 0.6 is 0 Å². The van der Waals surface area contributed by atoms with Crippen molar-refractivity contribution in [3.05, 3.63) is 18.3 Å². The van der Waals surface area contributed by atoms with Crippen LogP contribution in [0.2, 0.25) is 0 Å². The molecule has 1 aliphatic rings. The van der Waals surface area contributed by atoms with Crippen molar-refractivity contribution >= 4 is 16.9 Å². The van der Waals surface area contributed by atoms with E-state index in [2.05, 4.69) is 15.9 Å². The molecular formula is C13H13FN4O3. The second kappa shape index (κ2) is 4.66. The molecule has 3 atom stereocenters. The molecule has 0 radical (unpaired) electrons. The zero-order valence-electron chi connectivity index (χ0n) is 11.8. The van der Waals surface area contributed by atoms with Crippen molar-refractivity contribution in [2.45, 2.75) is 24.3 Å². The molecule has 0 amide bonds. The molecule has 4 N–H and O–H groups in total. The molecule has 0 unspecified atom stereocenters. The monoisotopic (exact) mass is 293 g/mol. The van der Waals surface area contributed by atoms with Crippen LogP contribution in [-0.2, 0) is 4.74 Å². The number of nitrogens with two attached hydrogens (primary N) is 1. The zero-order valence-corrected chi connectivity index (χ0v) is 10.8. The van der Waals surface area contributed by atoms with E-state index in [0.29, 0.717) is 0 Å². The molecule has 8 heteroatoms. The first kappa shape index (κ1) is 12.5. The fourth-order valence-electron chi connectivity index (χ4n) is 2.40. The third-order valence-electron chi connectivity index (χ3n) is 3.53. The molecule has 7 nitrogen and oxygen atoms in total. The first-order valence-corrected chi connectivity index (χ1v) is 6.10. The lowest BCUT2D eigenvalue weighted by molar-refractivity contribution is -0.0891. The van der Waals surface area contributed by atoms with Gasteiger partial charge in [0.05, 0.1) is 13.4 Å². The summed E-state index contributed by atoms with van der Waals surface area (Å²) in [6, 6.07) is 0. The van der Waals surface area contributed by atoms with Gasteiger partial charge in [0.15, 0.2) is 17.1 Å². The normalized spacial score (nSPS) is 33.0. The summed E-state index contributed by atoms with van der Waals surface area (Å²) in [5.74, 6) is 1.41. The van der Waals surface area contributed by atoms with E-state index in [4.69, 9.17) is 18.3 Å². The van der Waals surface area contributed by atoms with Crippen molar-refractivity contribution in [2.75, 3.05) is 12.3 Å². The molecular weight excluding hydrogens is 279 g/mol. The van der Waals surface area contributed by atoms with Crippen molar-refractivity contribution < 1.29 is 20.7 Å².